The van der Waals surface area contributed by atoms with Crippen LogP contribution in [-0.4, -0.2) is 75.2 Å². The molecule has 35 heavy (non-hydrogen) atoms. The predicted molar refractivity (Wildman–Crippen MR) is 133 cm³/mol. The molecular formula is C26H27BrN2O6. The van der Waals surface area contributed by atoms with Gasteiger partial charge in [0, 0.05) is 30.2 Å². The number of carbonyl (C=O) groups excluding carboxylic acids is 2. The third-order valence-electron chi connectivity index (χ3n) is 7.49. The molecule has 3 fully saturated rings. The Labute approximate surface area is 211 Å². The van der Waals surface area contributed by atoms with Gasteiger partial charge in [0.15, 0.2) is 0 Å². The van der Waals surface area contributed by atoms with Crippen LogP contribution in [0.5, 0.6) is 0 Å². The van der Waals surface area contributed by atoms with Crippen molar-refractivity contribution in [1.82, 2.24) is 4.90 Å². The lowest BCUT2D eigenvalue weighted by Crippen LogP contribution is -2.57. The highest BCUT2D eigenvalue weighted by atomic mass is 79.9. The van der Waals surface area contributed by atoms with E-state index in [2.05, 4.69) is 22.5 Å². The molecule has 2 bridgehead atoms. The molecule has 9 heteroatoms. The molecular weight excluding hydrogens is 516 g/mol. The number of aliphatic hydroxyl groups is 1. The molecule has 3 unspecified atom stereocenters. The van der Waals surface area contributed by atoms with Gasteiger partial charge < -0.3 is 24.7 Å². The van der Waals surface area contributed by atoms with Gasteiger partial charge in [0.1, 0.15) is 11.6 Å². The van der Waals surface area contributed by atoms with Crippen LogP contribution < -0.4 is 4.90 Å². The molecule has 5 rings (SSSR count). The van der Waals surface area contributed by atoms with Crippen LogP contribution in [0.2, 0.25) is 0 Å². The minimum absolute atomic E-state index is 0.136. The van der Waals surface area contributed by atoms with Crippen LogP contribution >= 0.6 is 15.9 Å². The maximum absolute atomic E-state index is 14.3. The number of amides is 2. The number of hydrogen-bond acceptors (Lipinski definition) is 5. The van der Waals surface area contributed by atoms with Crippen molar-refractivity contribution < 1.29 is 29.3 Å². The lowest BCUT2D eigenvalue weighted by Gasteiger charge is -2.37. The van der Waals surface area contributed by atoms with Gasteiger partial charge in [-0.1, -0.05) is 52.3 Å². The Balaban J connectivity index is 1.59. The molecule has 6 atom stereocenters. The van der Waals surface area contributed by atoms with E-state index in [1.165, 1.54) is 4.90 Å². The molecule has 3 saturated heterocycles. The molecule has 3 heterocycles. The number of carboxylic acids is 1. The quantitative estimate of drug-likeness (QED) is 0.392. The van der Waals surface area contributed by atoms with Crippen LogP contribution in [0.4, 0.5) is 5.69 Å². The van der Waals surface area contributed by atoms with Crippen molar-refractivity contribution in [3.05, 3.63) is 55.1 Å². The molecule has 0 aliphatic carbocycles. The van der Waals surface area contributed by atoms with Crippen LogP contribution in [0.1, 0.15) is 12.8 Å². The second-order valence-electron chi connectivity index (χ2n) is 9.38. The van der Waals surface area contributed by atoms with Gasteiger partial charge >= 0.3 is 5.97 Å². The Kier molecular flexibility index (Phi) is 6.19. The summed E-state index contributed by atoms with van der Waals surface area (Å²) in [6.45, 7) is 4.00. The summed E-state index contributed by atoms with van der Waals surface area (Å²) in [7, 11) is 0. The first-order chi connectivity index (χ1) is 16.8. The van der Waals surface area contributed by atoms with Crippen LogP contribution in [0.15, 0.2) is 55.1 Å². The zero-order valence-electron chi connectivity index (χ0n) is 19.0. The largest absolute Gasteiger partial charge is 0.481 e. The molecule has 184 valence electrons. The zero-order chi connectivity index (χ0) is 24.9. The fourth-order valence-corrected chi connectivity index (χ4v) is 7.06. The number of fused-ring (bicyclic) bond motifs is 2. The minimum Gasteiger partial charge on any atom is -0.481 e. The van der Waals surface area contributed by atoms with Crippen LogP contribution in [0.25, 0.3) is 10.8 Å². The smallest absolute Gasteiger partial charge is 0.310 e. The summed E-state index contributed by atoms with van der Waals surface area (Å²) in [6.07, 6.45) is 1.56. The van der Waals surface area contributed by atoms with Gasteiger partial charge in [0.05, 0.1) is 17.9 Å². The highest BCUT2D eigenvalue weighted by Crippen LogP contribution is 2.60. The lowest BCUT2D eigenvalue weighted by atomic mass is 9.70. The van der Waals surface area contributed by atoms with Gasteiger partial charge in [0.25, 0.3) is 5.91 Å². The summed E-state index contributed by atoms with van der Waals surface area (Å²) >= 11 is 3.55. The summed E-state index contributed by atoms with van der Waals surface area (Å²) < 4.78 is 6.29. The van der Waals surface area contributed by atoms with E-state index in [1.54, 1.807) is 11.0 Å². The summed E-state index contributed by atoms with van der Waals surface area (Å²) in [5.41, 5.74) is -0.595. The number of carboxylic acid groups (broad SMARTS) is 1. The van der Waals surface area contributed by atoms with Gasteiger partial charge in [-0.3, -0.25) is 14.4 Å². The maximum atomic E-state index is 14.3. The lowest BCUT2D eigenvalue weighted by molar-refractivity contribution is -0.149. The van der Waals surface area contributed by atoms with Gasteiger partial charge in [-0.05, 0) is 35.7 Å². The number of ether oxygens (including phenoxy) is 1. The van der Waals surface area contributed by atoms with Crippen molar-refractivity contribution in [2.24, 2.45) is 11.8 Å². The summed E-state index contributed by atoms with van der Waals surface area (Å²) in [4.78, 5) is 42.8. The topological polar surface area (TPSA) is 107 Å². The van der Waals surface area contributed by atoms with E-state index in [9.17, 15) is 24.6 Å². The molecule has 2 N–H and O–H groups in total. The number of benzene rings is 2. The van der Waals surface area contributed by atoms with Gasteiger partial charge in [0.2, 0.25) is 5.91 Å². The van der Waals surface area contributed by atoms with E-state index in [1.807, 2.05) is 42.5 Å². The fraction of sp³-hybridized carbons (Fsp3) is 0.423. The predicted octanol–water partition coefficient (Wildman–Crippen LogP) is 2.57. The van der Waals surface area contributed by atoms with Crippen LogP contribution in [-0.2, 0) is 19.1 Å². The second-order valence-corrected chi connectivity index (χ2v) is 10.6. The summed E-state index contributed by atoms with van der Waals surface area (Å²) in [5.74, 6) is -3.84. The number of rotatable bonds is 8. The van der Waals surface area contributed by atoms with Crippen molar-refractivity contribution in [1.29, 1.82) is 0 Å². The monoisotopic (exact) mass is 542 g/mol. The third kappa shape index (κ3) is 3.59. The SMILES string of the molecule is C=CCN(C(=O)C1N(CCCO)C(=O)[C@@H]2[C@H](C(=O)O)[C@H]3OC12CC3Br)c1ccc2ccccc2c1. The van der Waals surface area contributed by atoms with Gasteiger partial charge in [-0.25, -0.2) is 0 Å². The van der Waals surface area contributed by atoms with Crippen LogP contribution in [0.3, 0.4) is 0 Å². The zero-order valence-corrected chi connectivity index (χ0v) is 20.6. The van der Waals surface area contributed by atoms with E-state index >= 15 is 0 Å². The fourth-order valence-electron chi connectivity index (χ4n) is 6.12. The Morgan fingerprint density at radius 2 is 2.00 bits per heavy atom. The van der Waals surface area contributed by atoms with Crippen molar-refractivity contribution in [3.63, 3.8) is 0 Å². The molecule has 2 amide bonds. The number of aliphatic carboxylic acids is 1. The van der Waals surface area contributed by atoms with Crippen molar-refractivity contribution in [2.45, 2.75) is 35.4 Å². The first kappa shape index (κ1) is 24.0. The maximum Gasteiger partial charge on any atom is 0.310 e. The molecule has 3 aliphatic heterocycles. The Hall–Kier alpha value is -2.75. The first-order valence-corrected chi connectivity index (χ1v) is 12.6. The molecule has 2 aromatic carbocycles. The third-order valence-corrected chi connectivity index (χ3v) is 8.33. The second kappa shape index (κ2) is 9.04. The molecule has 0 radical (unpaired) electrons. The Bertz CT molecular complexity index is 1200. The Morgan fingerprint density at radius 1 is 1.26 bits per heavy atom. The van der Waals surface area contributed by atoms with E-state index in [4.69, 9.17) is 4.74 Å². The molecule has 0 aromatic heterocycles. The Morgan fingerprint density at radius 3 is 2.69 bits per heavy atom. The number of carbonyl (C=O) groups is 3. The minimum atomic E-state index is -1.25. The molecule has 1 spiro atoms. The highest BCUT2D eigenvalue weighted by Gasteiger charge is 2.76. The van der Waals surface area contributed by atoms with Crippen molar-refractivity contribution >= 4 is 50.2 Å². The number of anilines is 1. The number of nitrogens with zero attached hydrogens (tertiary/aromatic N) is 2. The molecule has 8 nitrogen and oxygen atoms in total. The van der Waals surface area contributed by atoms with Gasteiger partial charge in [-0.15, -0.1) is 6.58 Å². The van der Waals surface area contributed by atoms with Gasteiger partial charge in [-0.2, -0.15) is 0 Å². The van der Waals surface area contributed by atoms with E-state index in [0.717, 1.165) is 10.8 Å². The highest BCUT2D eigenvalue weighted by molar-refractivity contribution is 9.09. The normalized spacial score (nSPS) is 31.1. The standard InChI is InChI=1S/C26H27BrN2O6/c1-2-10-28(17-9-8-15-6-3-4-7-16(15)13-17)24(32)22-26-14-18(27)21(35-26)19(25(33)34)20(26)23(31)29(22)11-5-12-30/h2-4,6-9,13,18-22,30H,1,5,10-12,14H2,(H,33,34)/t18?,19-,20-,21-,22?,26?/m0/s1. The van der Waals surface area contributed by atoms with E-state index < -0.39 is 41.5 Å². The summed E-state index contributed by atoms with van der Waals surface area (Å²) in [6, 6.07) is 12.5. The van der Waals surface area contributed by atoms with Crippen molar-refractivity contribution in [3.8, 4) is 0 Å². The number of halogens is 1. The number of alkyl halides is 1. The average molecular weight is 543 g/mol. The average Bonchev–Trinajstić information content (AvgIpc) is 3.44. The van der Waals surface area contributed by atoms with Crippen molar-refractivity contribution in [2.75, 3.05) is 24.6 Å². The van der Waals surface area contributed by atoms with E-state index in [-0.39, 0.29) is 36.9 Å². The number of hydrogen-bond donors (Lipinski definition) is 2. The first-order valence-electron chi connectivity index (χ1n) is 11.7. The number of aliphatic hydroxyl groups excluding tert-OH is 1. The van der Waals surface area contributed by atoms with E-state index in [0.29, 0.717) is 12.1 Å². The molecule has 0 saturated carbocycles. The van der Waals surface area contributed by atoms with Crippen LogP contribution in [0, 0.1) is 11.8 Å². The molecule has 2 aromatic rings. The number of likely N-dealkylation sites (tertiary alicyclic amines) is 1. The summed E-state index contributed by atoms with van der Waals surface area (Å²) in [5, 5.41) is 21.4. The molecule has 3 aliphatic rings.